The van der Waals surface area contributed by atoms with Gasteiger partial charge in [0, 0.05) is 24.9 Å². The number of aromatic amines is 1. The average molecular weight is 552 g/mol. The summed E-state index contributed by atoms with van der Waals surface area (Å²) >= 11 is 0. The molecule has 0 aliphatic carbocycles. The van der Waals surface area contributed by atoms with Gasteiger partial charge < -0.3 is 47.3 Å². The molecule has 1 saturated heterocycles. The monoisotopic (exact) mass is 551 g/mol. The number of aliphatic carboxylic acids is 1. The number of carboxylic acid groups (broad SMARTS) is 1. The molecule has 0 radical (unpaired) electrons. The van der Waals surface area contributed by atoms with E-state index in [2.05, 4.69) is 36.6 Å². The van der Waals surface area contributed by atoms with Crippen LogP contribution in [0.3, 0.4) is 0 Å². The number of carbonyl (C=O) groups is 7. The number of carbonyl (C=O) groups excluding carboxylic acids is 6. The molecule has 3 atom stereocenters. The third kappa shape index (κ3) is 10.0. The lowest BCUT2D eigenvalue weighted by atomic mass is 10.1. The van der Waals surface area contributed by atoms with Gasteiger partial charge in [0.15, 0.2) is 0 Å². The molecular weight excluding hydrogens is 518 g/mol. The number of nitrogens with one attached hydrogen (secondary N) is 6. The van der Waals surface area contributed by atoms with Gasteiger partial charge in [0.1, 0.15) is 24.7 Å². The van der Waals surface area contributed by atoms with Gasteiger partial charge in [-0.3, -0.25) is 33.6 Å². The standard InChI is InChI=1S/C22H33N9O8/c1-12(29-16(32)6-23)20(37)27-9-18(34)31-4-2-3-15(31)22(39)30-14(5-13-7-24-11-28-13)21(38)26-8-17(33)25-10-19(35)36/h7,11-12,14-15H,2-6,8-10,23H2,1H3,(H,24,28)(H,25,33)(H,26,38)(H,27,37)(H,29,32)(H,30,39)(H,35,36). The predicted octanol–water partition coefficient (Wildman–Crippen LogP) is -4.68. The summed E-state index contributed by atoms with van der Waals surface area (Å²) in [5, 5.41) is 20.5. The molecule has 1 aliphatic heterocycles. The van der Waals surface area contributed by atoms with Crippen LogP contribution in [0.1, 0.15) is 25.5 Å². The summed E-state index contributed by atoms with van der Waals surface area (Å²) in [5.74, 6) is -4.95. The minimum atomic E-state index is -1.25. The van der Waals surface area contributed by atoms with E-state index in [0.29, 0.717) is 18.5 Å². The van der Waals surface area contributed by atoms with Crippen LogP contribution in [0.5, 0.6) is 0 Å². The first-order valence-electron chi connectivity index (χ1n) is 12.1. The Hall–Kier alpha value is -4.54. The number of imidazole rings is 1. The number of nitrogens with two attached hydrogens (primary N) is 1. The number of hydrogen-bond donors (Lipinski definition) is 8. The van der Waals surface area contributed by atoms with Crippen LogP contribution in [0.2, 0.25) is 0 Å². The third-order valence-electron chi connectivity index (χ3n) is 5.72. The van der Waals surface area contributed by atoms with Crippen LogP contribution in [0.25, 0.3) is 0 Å². The largest absolute Gasteiger partial charge is 0.480 e. The van der Waals surface area contributed by atoms with Crippen LogP contribution in [0.4, 0.5) is 0 Å². The second kappa shape index (κ2) is 15.0. The van der Waals surface area contributed by atoms with Crippen LogP contribution in [-0.4, -0.2) is 112 Å². The molecule has 1 fully saturated rings. The molecule has 0 spiro atoms. The highest BCUT2D eigenvalue weighted by atomic mass is 16.4. The summed E-state index contributed by atoms with van der Waals surface area (Å²) < 4.78 is 0. The highest BCUT2D eigenvalue weighted by Crippen LogP contribution is 2.18. The molecule has 2 heterocycles. The fourth-order valence-corrected chi connectivity index (χ4v) is 3.74. The van der Waals surface area contributed by atoms with Crippen LogP contribution >= 0.6 is 0 Å². The van der Waals surface area contributed by atoms with Crippen molar-refractivity contribution in [3.05, 3.63) is 18.2 Å². The average Bonchev–Trinajstić information content (AvgIpc) is 3.60. The van der Waals surface area contributed by atoms with E-state index in [1.165, 1.54) is 24.3 Å². The maximum atomic E-state index is 13.1. The lowest BCUT2D eigenvalue weighted by molar-refractivity contribution is -0.140. The molecule has 214 valence electrons. The maximum Gasteiger partial charge on any atom is 0.322 e. The summed E-state index contributed by atoms with van der Waals surface area (Å²) in [6.07, 6.45) is 3.68. The summed E-state index contributed by atoms with van der Waals surface area (Å²) in [5.41, 5.74) is 5.72. The van der Waals surface area contributed by atoms with Gasteiger partial charge in [-0.15, -0.1) is 0 Å². The second-order valence-corrected chi connectivity index (χ2v) is 8.69. The Kier molecular flexibility index (Phi) is 11.8. The molecule has 17 heteroatoms. The molecule has 1 aromatic rings. The Morgan fingerprint density at radius 1 is 1.05 bits per heavy atom. The molecule has 9 N–H and O–H groups in total. The fraction of sp³-hybridized carbons (Fsp3) is 0.545. The van der Waals surface area contributed by atoms with Gasteiger partial charge in [-0.25, -0.2) is 4.98 Å². The molecule has 0 bridgehead atoms. The van der Waals surface area contributed by atoms with Crippen molar-refractivity contribution in [1.29, 1.82) is 0 Å². The van der Waals surface area contributed by atoms with Crippen molar-refractivity contribution in [3.8, 4) is 0 Å². The van der Waals surface area contributed by atoms with E-state index in [0.717, 1.165) is 0 Å². The van der Waals surface area contributed by atoms with Crippen LogP contribution in [0.15, 0.2) is 12.5 Å². The molecule has 1 aliphatic rings. The molecule has 6 amide bonds. The van der Waals surface area contributed by atoms with E-state index < -0.39 is 79.2 Å². The molecule has 17 nitrogen and oxygen atoms in total. The van der Waals surface area contributed by atoms with Gasteiger partial charge >= 0.3 is 5.97 Å². The zero-order valence-electron chi connectivity index (χ0n) is 21.3. The Morgan fingerprint density at radius 2 is 1.77 bits per heavy atom. The summed E-state index contributed by atoms with van der Waals surface area (Å²) in [6, 6.07) is -2.96. The summed E-state index contributed by atoms with van der Waals surface area (Å²) in [7, 11) is 0. The maximum absolute atomic E-state index is 13.1. The lowest BCUT2D eigenvalue weighted by Gasteiger charge is -2.26. The third-order valence-corrected chi connectivity index (χ3v) is 5.72. The van der Waals surface area contributed by atoms with E-state index in [1.54, 1.807) is 0 Å². The van der Waals surface area contributed by atoms with Gasteiger partial charge in [0.05, 0.1) is 26.0 Å². The van der Waals surface area contributed by atoms with Crippen molar-refractivity contribution in [2.45, 2.75) is 44.3 Å². The van der Waals surface area contributed by atoms with Gasteiger partial charge in [-0.05, 0) is 19.8 Å². The first-order chi connectivity index (χ1) is 18.5. The molecule has 1 aromatic heterocycles. The molecule has 0 aromatic carbocycles. The van der Waals surface area contributed by atoms with E-state index in [9.17, 15) is 33.6 Å². The van der Waals surface area contributed by atoms with Gasteiger partial charge in [-0.2, -0.15) is 0 Å². The summed E-state index contributed by atoms with van der Waals surface area (Å²) in [4.78, 5) is 92.5. The first kappa shape index (κ1) is 30.7. The predicted molar refractivity (Wildman–Crippen MR) is 132 cm³/mol. The number of likely N-dealkylation sites (tertiary alicyclic amines) is 1. The highest BCUT2D eigenvalue weighted by molar-refractivity contribution is 5.95. The van der Waals surface area contributed by atoms with Crippen molar-refractivity contribution >= 4 is 41.4 Å². The van der Waals surface area contributed by atoms with Crippen LogP contribution < -0.4 is 32.3 Å². The number of nitrogens with zero attached hydrogens (tertiary/aromatic N) is 2. The number of amides is 6. The Bertz CT molecular complexity index is 1060. The smallest absolute Gasteiger partial charge is 0.322 e. The zero-order chi connectivity index (χ0) is 28.9. The second-order valence-electron chi connectivity index (χ2n) is 8.69. The van der Waals surface area contributed by atoms with Crippen molar-refractivity contribution in [2.24, 2.45) is 5.73 Å². The molecule has 3 unspecified atom stereocenters. The van der Waals surface area contributed by atoms with E-state index in [1.807, 2.05) is 0 Å². The quantitative estimate of drug-likeness (QED) is 0.110. The van der Waals surface area contributed by atoms with E-state index >= 15 is 0 Å². The lowest BCUT2D eigenvalue weighted by Crippen LogP contribution is -2.56. The Morgan fingerprint density at radius 3 is 2.41 bits per heavy atom. The van der Waals surface area contributed by atoms with Gasteiger partial charge in [-0.1, -0.05) is 0 Å². The number of carboxylic acids is 1. The molecule has 39 heavy (non-hydrogen) atoms. The SMILES string of the molecule is CC(NC(=O)CN)C(=O)NCC(=O)N1CCCC1C(=O)NC(Cc1cnc[nH]1)C(=O)NCC(=O)NCC(=O)O. The normalized spacial score (nSPS) is 15.9. The minimum absolute atomic E-state index is 0.00253. The number of rotatable bonds is 14. The van der Waals surface area contributed by atoms with Crippen LogP contribution in [-0.2, 0) is 40.0 Å². The van der Waals surface area contributed by atoms with Gasteiger partial charge in [0.2, 0.25) is 35.4 Å². The van der Waals surface area contributed by atoms with Crippen molar-refractivity contribution in [1.82, 2.24) is 41.5 Å². The Labute approximate surface area is 223 Å². The van der Waals surface area contributed by atoms with Crippen molar-refractivity contribution in [3.63, 3.8) is 0 Å². The number of hydrogen-bond acceptors (Lipinski definition) is 9. The molecular formula is C22H33N9O8. The van der Waals surface area contributed by atoms with Crippen molar-refractivity contribution in [2.75, 3.05) is 32.7 Å². The zero-order valence-corrected chi connectivity index (χ0v) is 21.3. The summed E-state index contributed by atoms with van der Waals surface area (Å²) in [6.45, 7) is -0.142. The minimum Gasteiger partial charge on any atom is -0.480 e. The fourth-order valence-electron chi connectivity index (χ4n) is 3.74. The van der Waals surface area contributed by atoms with E-state index in [-0.39, 0.29) is 19.5 Å². The highest BCUT2D eigenvalue weighted by Gasteiger charge is 2.36. The van der Waals surface area contributed by atoms with Gasteiger partial charge in [0.25, 0.3) is 0 Å². The van der Waals surface area contributed by atoms with E-state index in [4.69, 9.17) is 10.8 Å². The van der Waals surface area contributed by atoms with Crippen LogP contribution in [0, 0.1) is 0 Å². The number of aromatic nitrogens is 2. The number of H-pyrrole nitrogens is 1. The molecule has 0 saturated carbocycles. The Balaban J connectivity index is 1.98. The first-order valence-corrected chi connectivity index (χ1v) is 12.1. The topological polar surface area (TPSA) is 258 Å². The van der Waals surface area contributed by atoms with Crippen molar-refractivity contribution < 1.29 is 38.7 Å². The molecule has 2 rings (SSSR count).